The smallest absolute Gasteiger partial charge is 0.251 e. The molecule has 7 rings (SSSR count). The lowest BCUT2D eigenvalue weighted by Gasteiger charge is -2.43. The maximum Gasteiger partial charge on any atom is 0.251 e. The Morgan fingerprint density at radius 3 is 1.86 bits per heavy atom. The molecular weight excluding hydrogens is 999 g/mol. The molecule has 1 aliphatic carbocycles. The Kier molecular flexibility index (Phi) is 19.1. The summed E-state index contributed by atoms with van der Waals surface area (Å²) >= 11 is 0. The van der Waals surface area contributed by atoms with Gasteiger partial charge in [0.15, 0.2) is 0 Å². The molecule has 2 heterocycles. The molecule has 0 radical (unpaired) electrons. The fourth-order valence-electron chi connectivity index (χ4n) is 10.9. The van der Waals surface area contributed by atoms with Crippen LogP contribution in [-0.2, 0) is 54.7 Å². The van der Waals surface area contributed by atoms with Gasteiger partial charge in [0.2, 0.25) is 35.4 Å². The average molecular weight is 1080 g/mol. The van der Waals surface area contributed by atoms with E-state index in [0.717, 1.165) is 47.1 Å². The standard InChI is InChI=1S/C62H83N9O8/c1-37(63-10)54(72)67-52(61(4,5)6)59(77)70-35-45-21-14-13-20-44(45)32-51(70)58(76)69(39(3)43-23-17-24-47(31-43)79-12)34-40-27-29-42(30-28-40)56(74)65-46-33-50(57(75)66-49-26-18-22-41-19-15-16-25-48(41)49)71(36-46)60(78)53(62(7,8)9)68-55(73)38(2)64-11/h13-17,19-21,23-25,27-31,37-39,46,49-53,63-64H,18,22,26,32-36H2,1-12H3,(H,65,74)(H,66,75)(H,67,72)(H,68,73)/t37-,38-,39+,46-,49+,50-,51-,52?,53+/m0/s1. The van der Waals surface area contributed by atoms with Crippen molar-refractivity contribution in [1.29, 1.82) is 0 Å². The van der Waals surface area contributed by atoms with Gasteiger partial charge in [-0.1, -0.05) is 114 Å². The molecule has 6 N–H and O–H groups in total. The number of hydrogen-bond donors (Lipinski definition) is 6. The van der Waals surface area contributed by atoms with Crippen molar-refractivity contribution in [2.75, 3.05) is 27.7 Å². The molecule has 0 saturated carbocycles. The molecule has 17 nitrogen and oxygen atoms in total. The van der Waals surface area contributed by atoms with Crippen molar-refractivity contribution in [3.8, 4) is 5.75 Å². The Labute approximate surface area is 466 Å². The SMILES string of the molecule is CN[C@@H](C)C(=O)NC(C(=O)N1Cc2ccccc2C[C@H]1C(=O)N(Cc1ccc(C(=O)N[C@H]2C[C@@H](C(=O)N[C@@H]3CCCc4ccccc43)N(C(=O)[C@@H](NC(=O)[C@H](C)NC)C(C)(C)C)C2)cc1)[C@H](C)c1cccc(OC)c1)C(C)(C)C. The van der Waals surface area contributed by atoms with Gasteiger partial charge in [-0.3, -0.25) is 33.6 Å². The number of nitrogens with one attached hydrogen (secondary N) is 6. The van der Waals surface area contributed by atoms with Crippen LogP contribution in [0.2, 0.25) is 0 Å². The fraction of sp³-hybridized carbons (Fsp3) is 0.500. The third kappa shape index (κ3) is 14.0. The second-order valence-electron chi connectivity index (χ2n) is 23.8. The normalized spacial score (nSPS) is 20.0. The number of amides is 7. The van der Waals surface area contributed by atoms with E-state index in [2.05, 4.69) is 38.0 Å². The van der Waals surface area contributed by atoms with Crippen molar-refractivity contribution in [2.24, 2.45) is 10.8 Å². The minimum Gasteiger partial charge on any atom is -0.497 e. The van der Waals surface area contributed by atoms with Gasteiger partial charge in [0.25, 0.3) is 5.91 Å². The highest BCUT2D eigenvalue weighted by Gasteiger charge is 2.47. The summed E-state index contributed by atoms with van der Waals surface area (Å²) in [5, 5.41) is 18.2. The van der Waals surface area contributed by atoms with E-state index < -0.39 is 71.0 Å². The Hall–Kier alpha value is -7.11. The van der Waals surface area contributed by atoms with Crippen molar-refractivity contribution < 1.29 is 38.3 Å². The summed E-state index contributed by atoms with van der Waals surface area (Å²) in [6.45, 7) is 17.0. The van der Waals surface area contributed by atoms with Crippen molar-refractivity contribution in [2.45, 2.75) is 162 Å². The predicted molar refractivity (Wildman–Crippen MR) is 304 cm³/mol. The van der Waals surface area contributed by atoms with Crippen molar-refractivity contribution in [3.63, 3.8) is 0 Å². The first-order valence-corrected chi connectivity index (χ1v) is 27.8. The summed E-state index contributed by atoms with van der Waals surface area (Å²) in [6, 6.07) is 24.0. The third-order valence-corrected chi connectivity index (χ3v) is 16.1. The van der Waals surface area contributed by atoms with Gasteiger partial charge in [-0.2, -0.15) is 0 Å². The molecule has 424 valence electrons. The van der Waals surface area contributed by atoms with Crippen molar-refractivity contribution in [1.82, 2.24) is 46.6 Å². The molecular formula is C62H83N9O8. The Balaban J connectivity index is 1.15. The van der Waals surface area contributed by atoms with Crippen LogP contribution in [-0.4, -0.2) is 126 Å². The molecule has 79 heavy (non-hydrogen) atoms. The number of methoxy groups -OCH3 is 1. The largest absolute Gasteiger partial charge is 0.497 e. The van der Waals surface area contributed by atoms with Gasteiger partial charge in [-0.25, -0.2) is 0 Å². The summed E-state index contributed by atoms with van der Waals surface area (Å²) in [5.41, 5.74) is 4.52. The number of fused-ring (bicyclic) bond motifs is 2. The van der Waals surface area contributed by atoms with E-state index in [1.54, 1.807) is 69.1 Å². The van der Waals surface area contributed by atoms with Crippen molar-refractivity contribution in [3.05, 3.63) is 136 Å². The minimum absolute atomic E-state index is 0.0361. The van der Waals surface area contributed by atoms with Crippen LogP contribution >= 0.6 is 0 Å². The zero-order chi connectivity index (χ0) is 57.5. The van der Waals surface area contributed by atoms with Gasteiger partial charge in [-0.15, -0.1) is 0 Å². The summed E-state index contributed by atoms with van der Waals surface area (Å²) in [7, 11) is 4.93. The molecule has 3 aliphatic rings. The molecule has 17 heteroatoms. The molecule has 7 amide bonds. The molecule has 0 bridgehead atoms. The van der Waals surface area contributed by atoms with Gasteiger partial charge >= 0.3 is 0 Å². The zero-order valence-corrected chi connectivity index (χ0v) is 48.2. The molecule has 0 aromatic heterocycles. The van der Waals surface area contributed by atoms with Gasteiger partial charge in [0.05, 0.1) is 31.3 Å². The zero-order valence-electron chi connectivity index (χ0n) is 48.2. The number of benzene rings is 4. The van der Waals surface area contributed by atoms with Gasteiger partial charge in [0.1, 0.15) is 29.9 Å². The van der Waals surface area contributed by atoms with E-state index in [-0.39, 0.29) is 68.1 Å². The molecule has 9 atom stereocenters. The average Bonchev–Trinajstić information content (AvgIpc) is 3.99. The topological polar surface area (TPSA) is 211 Å². The van der Waals surface area contributed by atoms with E-state index in [1.165, 1.54) is 10.5 Å². The molecule has 0 spiro atoms. The highest BCUT2D eigenvalue weighted by Crippen LogP contribution is 2.35. The summed E-state index contributed by atoms with van der Waals surface area (Å²) in [4.78, 5) is 106. The first-order chi connectivity index (χ1) is 37.4. The number of likely N-dealkylation sites (N-methyl/N-ethyl adjacent to an activating group) is 2. The van der Waals surface area contributed by atoms with E-state index in [0.29, 0.717) is 11.3 Å². The number of likely N-dealkylation sites (tertiary alicyclic amines) is 1. The van der Waals surface area contributed by atoms with E-state index in [9.17, 15) is 24.0 Å². The maximum atomic E-state index is 15.6. The molecule has 1 fully saturated rings. The molecule has 4 aromatic carbocycles. The van der Waals surface area contributed by atoms with Crippen LogP contribution < -0.4 is 36.6 Å². The van der Waals surface area contributed by atoms with Gasteiger partial charge < -0.3 is 51.3 Å². The van der Waals surface area contributed by atoms with Crippen LogP contribution in [0.1, 0.15) is 137 Å². The number of ether oxygens (including phenoxy) is 1. The summed E-state index contributed by atoms with van der Waals surface area (Å²) in [6.07, 6.45) is 2.96. The maximum absolute atomic E-state index is 15.6. The highest BCUT2D eigenvalue weighted by atomic mass is 16.5. The summed E-state index contributed by atoms with van der Waals surface area (Å²) in [5.74, 6) is -1.88. The second kappa shape index (κ2) is 25.3. The lowest BCUT2D eigenvalue weighted by atomic mass is 9.84. The quantitative estimate of drug-likeness (QED) is 0.0694. The fourth-order valence-corrected chi connectivity index (χ4v) is 10.9. The van der Waals surface area contributed by atoms with Crippen molar-refractivity contribution >= 4 is 41.4 Å². The van der Waals surface area contributed by atoms with Crippen LogP contribution in [0.4, 0.5) is 0 Å². The Morgan fingerprint density at radius 2 is 1.27 bits per heavy atom. The first-order valence-electron chi connectivity index (χ1n) is 27.8. The first kappa shape index (κ1) is 59.5. The number of rotatable bonds is 18. The second-order valence-corrected chi connectivity index (χ2v) is 23.8. The van der Waals surface area contributed by atoms with Gasteiger partial charge in [0, 0.05) is 37.7 Å². The molecule has 1 unspecified atom stereocenters. The van der Waals surface area contributed by atoms with E-state index in [4.69, 9.17) is 4.74 Å². The number of hydrogen-bond acceptors (Lipinski definition) is 10. The van der Waals surface area contributed by atoms with Crippen LogP contribution in [0, 0.1) is 10.8 Å². The Bertz CT molecular complexity index is 2860. The third-order valence-electron chi connectivity index (χ3n) is 16.1. The lowest BCUT2D eigenvalue weighted by molar-refractivity contribution is -0.152. The minimum atomic E-state index is -0.973. The predicted octanol–water partition coefficient (Wildman–Crippen LogP) is 5.91. The van der Waals surface area contributed by atoms with Crippen LogP contribution in [0.15, 0.2) is 97.1 Å². The van der Waals surface area contributed by atoms with Crippen LogP contribution in [0.5, 0.6) is 5.75 Å². The van der Waals surface area contributed by atoms with Crippen LogP contribution in [0.25, 0.3) is 0 Å². The molecule has 1 saturated heterocycles. The monoisotopic (exact) mass is 1080 g/mol. The highest BCUT2D eigenvalue weighted by molar-refractivity contribution is 5.97. The van der Waals surface area contributed by atoms with Crippen LogP contribution in [0.3, 0.4) is 0 Å². The van der Waals surface area contributed by atoms with Gasteiger partial charge in [-0.05, 0) is 129 Å². The lowest BCUT2D eigenvalue weighted by Crippen LogP contribution is -2.62. The van der Waals surface area contributed by atoms with E-state index in [1.807, 2.05) is 115 Å². The number of carbonyl (C=O) groups is 7. The molecule has 4 aromatic rings. The molecule has 2 aliphatic heterocycles. The number of aryl methyl sites for hydroxylation is 1. The Morgan fingerprint density at radius 1 is 0.684 bits per heavy atom. The number of carbonyl (C=O) groups excluding carboxylic acids is 7. The summed E-state index contributed by atoms with van der Waals surface area (Å²) < 4.78 is 5.60. The van der Waals surface area contributed by atoms with E-state index >= 15 is 9.59 Å². The number of nitrogens with zero attached hydrogens (tertiary/aromatic N) is 3.